The lowest BCUT2D eigenvalue weighted by atomic mass is 9.69. The zero-order chi connectivity index (χ0) is 20.0. The van der Waals surface area contributed by atoms with E-state index in [1.807, 2.05) is 53.4 Å². The van der Waals surface area contributed by atoms with E-state index >= 15 is 0 Å². The highest BCUT2D eigenvalue weighted by Gasteiger charge is 2.53. The molecule has 0 saturated heterocycles. The highest BCUT2D eigenvalue weighted by molar-refractivity contribution is 5.89. The van der Waals surface area contributed by atoms with Gasteiger partial charge in [-0.15, -0.1) is 0 Å². The SMILES string of the molecule is COc1ccc2c3c1OC1C[C@@H](O)C=CC31CCN(C(=O)Nc1ccccc1)C2. The van der Waals surface area contributed by atoms with Gasteiger partial charge in [0.25, 0.3) is 0 Å². The minimum Gasteiger partial charge on any atom is -0.493 e. The molecule has 3 atom stereocenters. The van der Waals surface area contributed by atoms with Crippen molar-refractivity contribution in [3.63, 3.8) is 0 Å². The van der Waals surface area contributed by atoms with Crippen LogP contribution in [0.5, 0.6) is 11.5 Å². The van der Waals surface area contributed by atoms with Crippen LogP contribution >= 0.6 is 0 Å². The van der Waals surface area contributed by atoms with Crippen LogP contribution in [-0.4, -0.2) is 41.9 Å². The summed E-state index contributed by atoms with van der Waals surface area (Å²) in [5.74, 6) is 1.45. The Labute approximate surface area is 169 Å². The van der Waals surface area contributed by atoms with E-state index in [0.717, 1.165) is 29.0 Å². The van der Waals surface area contributed by atoms with E-state index in [1.165, 1.54) is 0 Å². The van der Waals surface area contributed by atoms with Crippen LogP contribution in [0.25, 0.3) is 0 Å². The number of nitrogens with one attached hydrogen (secondary N) is 1. The second kappa shape index (κ2) is 6.81. The molecule has 2 aromatic carbocycles. The molecule has 6 nitrogen and oxygen atoms in total. The van der Waals surface area contributed by atoms with Crippen LogP contribution in [0.4, 0.5) is 10.5 Å². The number of methoxy groups -OCH3 is 1. The molecule has 2 unspecified atom stereocenters. The summed E-state index contributed by atoms with van der Waals surface area (Å²) in [6, 6.07) is 13.3. The molecule has 2 aromatic rings. The number of anilines is 1. The van der Waals surface area contributed by atoms with Crippen molar-refractivity contribution in [1.82, 2.24) is 4.90 Å². The number of aliphatic hydroxyl groups is 1. The summed E-state index contributed by atoms with van der Waals surface area (Å²) in [6.07, 6.45) is 4.52. The van der Waals surface area contributed by atoms with Crippen LogP contribution in [0.1, 0.15) is 24.0 Å². The summed E-state index contributed by atoms with van der Waals surface area (Å²) in [6.45, 7) is 1.09. The van der Waals surface area contributed by atoms with Crippen molar-refractivity contribution in [2.45, 2.75) is 37.0 Å². The van der Waals surface area contributed by atoms with Gasteiger partial charge in [-0.25, -0.2) is 4.79 Å². The van der Waals surface area contributed by atoms with E-state index in [0.29, 0.717) is 25.3 Å². The van der Waals surface area contributed by atoms with Gasteiger partial charge in [0, 0.05) is 30.8 Å². The number of hydrogen-bond donors (Lipinski definition) is 2. The number of para-hydroxylation sites is 1. The third-order valence-corrected chi connectivity index (χ3v) is 6.27. The molecule has 1 spiro atoms. The van der Waals surface area contributed by atoms with Crippen molar-refractivity contribution < 1.29 is 19.4 Å². The van der Waals surface area contributed by atoms with Crippen LogP contribution < -0.4 is 14.8 Å². The maximum absolute atomic E-state index is 13.0. The van der Waals surface area contributed by atoms with Crippen LogP contribution in [-0.2, 0) is 12.0 Å². The molecule has 0 aromatic heterocycles. The van der Waals surface area contributed by atoms with Crippen molar-refractivity contribution >= 4 is 11.7 Å². The fourth-order valence-electron chi connectivity index (χ4n) is 4.83. The molecule has 5 rings (SSSR count). The minimum atomic E-state index is -0.518. The van der Waals surface area contributed by atoms with Gasteiger partial charge in [0.1, 0.15) is 6.10 Å². The summed E-state index contributed by atoms with van der Waals surface area (Å²) in [5, 5.41) is 13.2. The van der Waals surface area contributed by atoms with E-state index in [2.05, 4.69) is 11.4 Å². The Morgan fingerprint density at radius 2 is 2.10 bits per heavy atom. The van der Waals surface area contributed by atoms with Gasteiger partial charge >= 0.3 is 6.03 Å². The number of benzene rings is 2. The first kappa shape index (κ1) is 18.1. The maximum Gasteiger partial charge on any atom is 0.322 e. The molecule has 2 N–H and O–H groups in total. The number of ether oxygens (including phenoxy) is 2. The van der Waals surface area contributed by atoms with Crippen molar-refractivity contribution in [3.05, 3.63) is 65.7 Å². The molecule has 0 fully saturated rings. The highest BCUT2D eigenvalue weighted by atomic mass is 16.5. The summed E-state index contributed by atoms with van der Waals surface area (Å²) in [5.41, 5.74) is 2.59. The van der Waals surface area contributed by atoms with E-state index in [-0.39, 0.29) is 17.6 Å². The fraction of sp³-hybridized carbons (Fsp3) is 0.348. The number of carbonyl (C=O) groups excluding carboxylic acids is 1. The van der Waals surface area contributed by atoms with E-state index in [1.54, 1.807) is 7.11 Å². The number of urea groups is 1. The first-order valence-electron chi connectivity index (χ1n) is 9.96. The zero-order valence-corrected chi connectivity index (χ0v) is 16.3. The van der Waals surface area contributed by atoms with Gasteiger partial charge in [0.05, 0.1) is 18.6 Å². The van der Waals surface area contributed by atoms with Gasteiger partial charge in [-0.05, 0) is 30.2 Å². The molecule has 1 aliphatic carbocycles. The Kier molecular flexibility index (Phi) is 4.24. The van der Waals surface area contributed by atoms with Gasteiger partial charge in [-0.2, -0.15) is 0 Å². The lowest BCUT2D eigenvalue weighted by Gasteiger charge is -2.35. The predicted molar refractivity (Wildman–Crippen MR) is 109 cm³/mol. The summed E-state index contributed by atoms with van der Waals surface area (Å²) in [7, 11) is 1.64. The number of hydrogen-bond acceptors (Lipinski definition) is 4. The van der Waals surface area contributed by atoms with Gasteiger partial charge in [0.15, 0.2) is 11.5 Å². The second-order valence-electron chi connectivity index (χ2n) is 7.91. The van der Waals surface area contributed by atoms with Crippen LogP contribution in [0, 0.1) is 0 Å². The predicted octanol–water partition coefficient (Wildman–Crippen LogP) is 3.45. The zero-order valence-electron chi connectivity index (χ0n) is 16.3. The smallest absolute Gasteiger partial charge is 0.322 e. The fourth-order valence-corrected chi connectivity index (χ4v) is 4.83. The molecule has 6 heteroatoms. The second-order valence-corrected chi connectivity index (χ2v) is 7.91. The van der Waals surface area contributed by atoms with Crippen molar-refractivity contribution in [3.8, 4) is 11.5 Å². The first-order chi connectivity index (χ1) is 14.1. The lowest BCUT2D eigenvalue weighted by molar-refractivity contribution is 0.0824. The van der Waals surface area contributed by atoms with Crippen LogP contribution in [0.3, 0.4) is 0 Å². The van der Waals surface area contributed by atoms with Crippen molar-refractivity contribution in [2.24, 2.45) is 0 Å². The van der Waals surface area contributed by atoms with Gasteiger partial charge in [0.2, 0.25) is 0 Å². The van der Waals surface area contributed by atoms with E-state index in [9.17, 15) is 9.90 Å². The molecular weight excluding hydrogens is 368 g/mol. The number of nitrogens with zero attached hydrogens (tertiary/aromatic N) is 1. The molecule has 0 bridgehead atoms. The molecule has 2 amide bonds. The van der Waals surface area contributed by atoms with E-state index in [4.69, 9.17) is 9.47 Å². The molecule has 3 aliphatic rings. The van der Waals surface area contributed by atoms with Crippen LogP contribution in [0.15, 0.2) is 54.6 Å². The van der Waals surface area contributed by atoms with Crippen molar-refractivity contribution in [1.29, 1.82) is 0 Å². The van der Waals surface area contributed by atoms with Crippen molar-refractivity contribution in [2.75, 3.05) is 19.0 Å². The Morgan fingerprint density at radius 1 is 1.28 bits per heavy atom. The number of aliphatic hydroxyl groups excluding tert-OH is 1. The van der Waals surface area contributed by atoms with Gasteiger partial charge < -0.3 is 24.8 Å². The first-order valence-corrected chi connectivity index (χ1v) is 9.96. The van der Waals surface area contributed by atoms with E-state index < -0.39 is 6.10 Å². The third kappa shape index (κ3) is 2.86. The average Bonchev–Trinajstić information content (AvgIpc) is 2.96. The molecule has 0 radical (unpaired) electrons. The monoisotopic (exact) mass is 392 g/mol. The Balaban J connectivity index is 1.52. The topological polar surface area (TPSA) is 71.0 Å². The standard InChI is InChI=1S/C23H24N2O4/c1-28-18-8-7-15-14-25(22(27)24-16-5-3-2-4-6-16)12-11-23-10-9-17(26)13-19(23)29-21(18)20(15)23/h2-10,17,19,26H,11-14H2,1H3,(H,24,27)/t17-,19?,23?/m0/s1. The third-order valence-electron chi connectivity index (χ3n) is 6.27. The average molecular weight is 392 g/mol. The lowest BCUT2D eigenvalue weighted by Crippen LogP contribution is -2.43. The Hall–Kier alpha value is -2.99. The number of carbonyl (C=O) groups is 1. The molecular formula is C23H24N2O4. The molecule has 0 saturated carbocycles. The number of rotatable bonds is 2. The molecule has 150 valence electrons. The number of amides is 2. The largest absolute Gasteiger partial charge is 0.493 e. The minimum absolute atomic E-state index is 0.116. The molecule has 2 aliphatic heterocycles. The molecule has 2 heterocycles. The molecule has 29 heavy (non-hydrogen) atoms. The van der Waals surface area contributed by atoms with Crippen LogP contribution in [0.2, 0.25) is 0 Å². The summed E-state index contributed by atoms with van der Waals surface area (Å²) >= 11 is 0. The van der Waals surface area contributed by atoms with Gasteiger partial charge in [-0.3, -0.25) is 0 Å². The maximum atomic E-state index is 13.0. The summed E-state index contributed by atoms with van der Waals surface area (Å²) in [4.78, 5) is 14.8. The quantitative estimate of drug-likeness (QED) is 0.768. The normalized spacial score (nSPS) is 26.8. The van der Waals surface area contributed by atoms with Gasteiger partial charge in [-0.1, -0.05) is 36.4 Å². The summed E-state index contributed by atoms with van der Waals surface area (Å²) < 4.78 is 11.9. The highest BCUT2D eigenvalue weighted by Crippen LogP contribution is 2.55. The Morgan fingerprint density at radius 3 is 2.90 bits per heavy atom. The Bertz CT molecular complexity index is 974.